The second kappa shape index (κ2) is 21.9. The molecule has 1 N–H and O–H groups in total. The van der Waals surface area contributed by atoms with E-state index in [9.17, 15) is 18.0 Å². The summed E-state index contributed by atoms with van der Waals surface area (Å²) in [6, 6.07) is 11.2. The summed E-state index contributed by atoms with van der Waals surface area (Å²) in [4.78, 5) is 12.5. The average molecular weight is 602 g/mol. The minimum absolute atomic E-state index is 0.0115. The number of esters is 1. The Balaban J connectivity index is 1.45. The molecule has 0 aromatic heterocycles. The van der Waals surface area contributed by atoms with Gasteiger partial charge in [0.15, 0.2) is 0 Å². The average Bonchev–Trinajstić information content (AvgIpc) is 2.98. The fourth-order valence-electron chi connectivity index (χ4n) is 3.42. The summed E-state index contributed by atoms with van der Waals surface area (Å²) in [5.74, 6) is -0.619. The highest BCUT2D eigenvalue weighted by atomic mass is 19.4. The van der Waals surface area contributed by atoms with Gasteiger partial charge in [-0.1, -0.05) is 31.5 Å². The Morgan fingerprint density at radius 3 is 1.69 bits per heavy atom. The molecule has 0 saturated heterocycles. The Kier molecular flexibility index (Phi) is 18.5. The van der Waals surface area contributed by atoms with Crippen molar-refractivity contribution in [2.24, 2.45) is 0 Å². The van der Waals surface area contributed by atoms with E-state index in [0.29, 0.717) is 71.8 Å². The van der Waals surface area contributed by atoms with Crippen LogP contribution in [-0.4, -0.2) is 91.9 Å². The van der Waals surface area contributed by atoms with Gasteiger partial charge in [-0.05, 0) is 36.8 Å². The molecule has 0 aliphatic carbocycles. The van der Waals surface area contributed by atoms with Crippen molar-refractivity contribution < 1.29 is 51.1 Å². The first-order chi connectivity index (χ1) is 20.4. The number of nitrogens with one attached hydrogen (secondary N) is 1. The van der Waals surface area contributed by atoms with Gasteiger partial charge in [-0.25, -0.2) is 4.79 Å². The molecule has 2 rings (SSSR count). The highest BCUT2D eigenvalue weighted by Crippen LogP contribution is 2.32. The third-order valence-electron chi connectivity index (χ3n) is 5.58. The lowest BCUT2D eigenvalue weighted by Gasteiger charge is -2.13. The van der Waals surface area contributed by atoms with Crippen molar-refractivity contribution in [2.45, 2.75) is 25.9 Å². The number of hydrogen-bond donors (Lipinski definition) is 1. The molecule has 0 bridgehead atoms. The van der Waals surface area contributed by atoms with Crippen LogP contribution < -0.4 is 5.32 Å². The molecule has 0 saturated carbocycles. The third kappa shape index (κ3) is 16.0. The Bertz CT molecular complexity index is 993. The van der Waals surface area contributed by atoms with Crippen LogP contribution in [0.5, 0.6) is 0 Å². The maximum atomic E-state index is 13.0. The Hall–Kier alpha value is -2.74. The van der Waals surface area contributed by atoms with E-state index in [0.717, 1.165) is 31.6 Å². The van der Waals surface area contributed by atoms with Gasteiger partial charge in [0.05, 0.1) is 89.5 Å². The molecule has 236 valence electrons. The van der Waals surface area contributed by atoms with Crippen LogP contribution in [0.15, 0.2) is 48.5 Å². The van der Waals surface area contributed by atoms with Crippen LogP contribution in [0.2, 0.25) is 0 Å². The summed E-state index contributed by atoms with van der Waals surface area (Å²) in [7, 11) is 0. The topological polar surface area (TPSA) is 93.7 Å². The summed E-state index contributed by atoms with van der Waals surface area (Å²) in [5, 5.41) is 2.86. The van der Waals surface area contributed by atoms with Crippen LogP contribution in [0, 0.1) is 0 Å². The van der Waals surface area contributed by atoms with Gasteiger partial charge in [-0.3, -0.25) is 0 Å². The molecule has 0 heterocycles. The minimum Gasteiger partial charge on any atom is -0.460 e. The number of ether oxygens (including phenoxy) is 7. The number of benzene rings is 2. The van der Waals surface area contributed by atoms with E-state index in [1.165, 1.54) is 18.2 Å². The first kappa shape index (κ1) is 35.5. The Labute approximate surface area is 245 Å². The fraction of sp³-hybridized carbons (Fsp3) is 0.567. The molecular formula is C30H42F3NO8. The van der Waals surface area contributed by atoms with E-state index in [4.69, 9.17) is 33.2 Å². The number of anilines is 2. The molecule has 0 radical (unpaired) electrons. The van der Waals surface area contributed by atoms with Crippen LogP contribution >= 0.6 is 0 Å². The predicted molar refractivity (Wildman–Crippen MR) is 151 cm³/mol. The first-order valence-electron chi connectivity index (χ1n) is 14.1. The van der Waals surface area contributed by atoms with E-state index in [-0.39, 0.29) is 24.5 Å². The van der Waals surface area contributed by atoms with Crippen molar-refractivity contribution in [3.8, 4) is 0 Å². The summed E-state index contributed by atoms with van der Waals surface area (Å²) >= 11 is 0. The number of carbonyl (C=O) groups is 1. The summed E-state index contributed by atoms with van der Waals surface area (Å²) in [6.45, 7) is 7.73. The maximum Gasteiger partial charge on any atom is 0.416 e. The van der Waals surface area contributed by atoms with Crippen LogP contribution in [-0.2, 0) is 39.3 Å². The van der Waals surface area contributed by atoms with Crippen molar-refractivity contribution >= 4 is 17.3 Å². The molecule has 0 aliphatic heterocycles. The lowest BCUT2D eigenvalue weighted by atomic mass is 10.1. The smallest absolute Gasteiger partial charge is 0.416 e. The van der Waals surface area contributed by atoms with Crippen molar-refractivity contribution in [3.63, 3.8) is 0 Å². The van der Waals surface area contributed by atoms with Gasteiger partial charge >= 0.3 is 12.1 Å². The second-order valence-corrected chi connectivity index (χ2v) is 8.91. The zero-order valence-corrected chi connectivity index (χ0v) is 24.1. The number of carbonyl (C=O) groups excluding carboxylic acids is 1. The standard InChI is InChI=1S/C30H42F3NO8/c1-2-3-11-36-12-13-37-14-15-38-16-17-39-18-19-40-20-21-41-22-23-42-29(35)27-9-4-5-10-28(27)34-26-8-6-7-25(24-26)30(31,32)33/h4-10,24,34H,2-3,11-23H2,1H3. The van der Waals surface area contributed by atoms with Crippen LogP contribution in [0.3, 0.4) is 0 Å². The molecule has 2 aromatic carbocycles. The highest BCUT2D eigenvalue weighted by molar-refractivity contribution is 5.96. The monoisotopic (exact) mass is 601 g/mol. The maximum absolute atomic E-state index is 13.0. The van der Waals surface area contributed by atoms with E-state index in [1.807, 2.05) is 0 Å². The molecule has 42 heavy (non-hydrogen) atoms. The highest BCUT2D eigenvalue weighted by Gasteiger charge is 2.30. The molecule has 12 heteroatoms. The lowest BCUT2D eigenvalue weighted by molar-refractivity contribution is -0.137. The molecule has 0 aliphatic rings. The van der Waals surface area contributed by atoms with Crippen LogP contribution in [0.25, 0.3) is 0 Å². The van der Waals surface area contributed by atoms with Gasteiger partial charge in [0, 0.05) is 12.3 Å². The SMILES string of the molecule is CCCCOCCOCCOCCOCCOCCOCCOC(=O)c1ccccc1Nc1cccc(C(F)(F)F)c1. The summed E-state index contributed by atoms with van der Waals surface area (Å²) in [5.41, 5.74) is -0.0612. The normalized spacial score (nSPS) is 11.5. The van der Waals surface area contributed by atoms with Gasteiger partial charge in [-0.2, -0.15) is 13.2 Å². The van der Waals surface area contributed by atoms with Crippen LogP contribution in [0.4, 0.5) is 24.5 Å². The molecule has 0 atom stereocenters. The molecule has 0 amide bonds. The minimum atomic E-state index is -4.47. The molecule has 0 unspecified atom stereocenters. The second-order valence-electron chi connectivity index (χ2n) is 8.91. The lowest BCUT2D eigenvalue weighted by Crippen LogP contribution is -2.15. The van der Waals surface area contributed by atoms with Crippen LogP contribution in [0.1, 0.15) is 35.7 Å². The zero-order chi connectivity index (χ0) is 30.3. The van der Waals surface area contributed by atoms with E-state index >= 15 is 0 Å². The van der Waals surface area contributed by atoms with Crippen molar-refractivity contribution in [2.75, 3.05) is 91.2 Å². The van der Waals surface area contributed by atoms with Gasteiger partial charge in [0.25, 0.3) is 0 Å². The third-order valence-corrected chi connectivity index (χ3v) is 5.58. The van der Waals surface area contributed by atoms with Gasteiger partial charge in [0.2, 0.25) is 0 Å². The Morgan fingerprint density at radius 1 is 0.667 bits per heavy atom. The molecule has 9 nitrogen and oxygen atoms in total. The molecule has 0 spiro atoms. The fourth-order valence-corrected chi connectivity index (χ4v) is 3.42. The predicted octanol–water partition coefficient (Wildman–Crippen LogP) is 5.51. The molecule has 0 fully saturated rings. The number of rotatable bonds is 24. The number of para-hydroxylation sites is 1. The summed E-state index contributed by atoms with van der Waals surface area (Å²) < 4.78 is 76.8. The van der Waals surface area contributed by atoms with Crippen molar-refractivity contribution in [3.05, 3.63) is 59.7 Å². The zero-order valence-electron chi connectivity index (χ0n) is 24.1. The van der Waals surface area contributed by atoms with E-state index < -0.39 is 17.7 Å². The largest absolute Gasteiger partial charge is 0.460 e. The number of halogens is 3. The van der Waals surface area contributed by atoms with Crippen molar-refractivity contribution in [1.82, 2.24) is 0 Å². The van der Waals surface area contributed by atoms with Crippen molar-refractivity contribution in [1.29, 1.82) is 0 Å². The summed E-state index contributed by atoms with van der Waals surface area (Å²) in [6.07, 6.45) is -2.28. The van der Waals surface area contributed by atoms with Gasteiger partial charge in [0.1, 0.15) is 6.61 Å². The van der Waals surface area contributed by atoms with Gasteiger partial charge in [-0.15, -0.1) is 0 Å². The quantitative estimate of drug-likeness (QED) is 0.124. The number of alkyl halides is 3. The Morgan fingerprint density at radius 2 is 1.17 bits per heavy atom. The number of hydrogen-bond acceptors (Lipinski definition) is 9. The molecular weight excluding hydrogens is 559 g/mol. The van der Waals surface area contributed by atoms with E-state index in [2.05, 4.69) is 12.2 Å². The van der Waals surface area contributed by atoms with E-state index in [1.54, 1.807) is 18.2 Å². The first-order valence-corrected chi connectivity index (χ1v) is 14.1. The molecule has 2 aromatic rings. The number of unbranched alkanes of at least 4 members (excludes halogenated alkanes) is 1. The van der Waals surface area contributed by atoms with Gasteiger partial charge < -0.3 is 38.5 Å².